The largest absolute Gasteiger partial charge is 0.465 e. The summed E-state index contributed by atoms with van der Waals surface area (Å²) >= 11 is 0. The van der Waals surface area contributed by atoms with E-state index in [4.69, 9.17) is 5.11 Å². The van der Waals surface area contributed by atoms with Gasteiger partial charge in [0.1, 0.15) is 0 Å². The molecule has 0 aromatic carbocycles. The van der Waals surface area contributed by atoms with Crippen LogP contribution in [0.2, 0.25) is 0 Å². The molecule has 122 valence electrons. The Morgan fingerprint density at radius 3 is 1.95 bits per heavy atom. The molecule has 4 heteroatoms. The fourth-order valence-electron chi connectivity index (χ4n) is 1.75. The second kappa shape index (κ2) is 16.0. The molecule has 0 aliphatic carbocycles. The van der Waals surface area contributed by atoms with E-state index in [2.05, 4.69) is 11.9 Å². The zero-order chi connectivity index (χ0) is 16.6. The Bertz CT molecular complexity index is 226. The Hall–Kier alpha value is -1.03. The summed E-state index contributed by atoms with van der Waals surface area (Å²) in [5.41, 5.74) is -0.734. The van der Waals surface area contributed by atoms with Crippen LogP contribution < -0.4 is 5.32 Å². The highest BCUT2D eigenvalue weighted by Crippen LogP contribution is 2.22. The number of carbonyl (C=O) groups is 1. The van der Waals surface area contributed by atoms with Gasteiger partial charge in [0.2, 0.25) is 0 Å². The minimum atomic E-state index is -1.01. The van der Waals surface area contributed by atoms with E-state index in [0.717, 1.165) is 12.8 Å². The lowest BCUT2D eigenvalue weighted by atomic mass is 9.88. The number of rotatable bonds is 7. The van der Waals surface area contributed by atoms with E-state index in [9.17, 15) is 9.90 Å². The van der Waals surface area contributed by atoms with E-state index in [0.29, 0.717) is 19.3 Å². The highest BCUT2D eigenvalue weighted by atomic mass is 16.4. The first-order valence-electron chi connectivity index (χ1n) is 7.67. The summed E-state index contributed by atoms with van der Waals surface area (Å²) in [6, 6.07) is -0.141. The van der Waals surface area contributed by atoms with Crippen LogP contribution in [0.1, 0.15) is 73.6 Å². The Morgan fingerprint density at radius 2 is 1.70 bits per heavy atom. The van der Waals surface area contributed by atoms with Crippen molar-refractivity contribution in [3.63, 3.8) is 0 Å². The SMILES string of the molecule is C=CC.CC.CCCC(CC(O)(CC)CC)NC(=O)O. The van der Waals surface area contributed by atoms with Gasteiger partial charge in [-0.15, -0.1) is 6.58 Å². The molecule has 20 heavy (non-hydrogen) atoms. The lowest BCUT2D eigenvalue weighted by Gasteiger charge is -2.30. The van der Waals surface area contributed by atoms with Crippen molar-refractivity contribution in [1.82, 2.24) is 5.32 Å². The normalized spacial score (nSPS) is 11.2. The molecule has 0 saturated heterocycles. The van der Waals surface area contributed by atoms with Crippen molar-refractivity contribution in [2.75, 3.05) is 0 Å². The lowest BCUT2D eigenvalue weighted by molar-refractivity contribution is 0.0133. The van der Waals surface area contributed by atoms with Crippen molar-refractivity contribution in [1.29, 1.82) is 0 Å². The Kier molecular flexibility index (Phi) is 19.2. The van der Waals surface area contributed by atoms with Crippen molar-refractivity contribution >= 4 is 6.09 Å². The van der Waals surface area contributed by atoms with Gasteiger partial charge in [0.25, 0.3) is 0 Å². The third kappa shape index (κ3) is 15.0. The summed E-state index contributed by atoms with van der Waals surface area (Å²) in [6.45, 7) is 15.1. The minimum Gasteiger partial charge on any atom is -0.465 e. The van der Waals surface area contributed by atoms with Crippen molar-refractivity contribution in [2.45, 2.75) is 85.3 Å². The van der Waals surface area contributed by atoms with Crippen LogP contribution in [0.3, 0.4) is 0 Å². The van der Waals surface area contributed by atoms with Gasteiger partial charge < -0.3 is 15.5 Å². The lowest BCUT2D eigenvalue weighted by Crippen LogP contribution is -2.41. The average Bonchev–Trinajstić information content (AvgIpc) is 2.41. The molecule has 0 aliphatic rings. The molecule has 1 amide bonds. The first-order chi connectivity index (χ1) is 9.38. The van der Waals surface area contributed by atoms with Crippen LogP contribution in [0.25, 0.3) is 0 Å². The molecular weight excluding hydrogens is 254 g/mol. The molecule has 0 saturated carbocycles. The standard InChI is InChI=1S/C11H23NO3.C3H6.C2H6/c1-4-7-9(12-10(13)14)8-11(15,5-2)6-3;1-3-2;1-2/h9,12,15H,4-8H2,1-3H3,(H,13,14);3H,1H2,2H3;1-2H3. The average molecular weight is 289 g/mol. The summed E-state index contributed by atoms with van der Waals surface area (Å²) in [6.07, 6.45) is 4.24. The maximum atomic E-state index is 10.6. The molecule has 0 heterocycles. The fraction of sp³-hybridized carbons (Fsp3) is 0.812. The van der Waals surface area contributed by atoms with E-state index in [1.54, 1.807) is 6.08 Å². The van der Waals surface area contributed by atoms with Gasteiger partial charge in [-0.05, 0) is 32.6 Å². The van der Waals surface area contributed by atoms with Gasteiger partial charge in [0, 0.05) is 6.04 Å². The summed E-state index contributed by atoms with van der Waals surface area (Å²) < 4.78 is 0. The molecule has 3 N–H and O–H groups in total. The van der Waals surface area contributed by atoms with Crippen LogP contribution in [0.15, 0.2) is 12.7 Å². The molecule has 0 aromatic rings. The van der Waals surface area contributed by atoms with Crippen molar-refractivity contribution in [2.24, 2.45) is 0 Å². The molecule has 0 spiro atoms. The molecule has 0 aromatic heterocycles. The Labute approximate surface area is 125 Å². The van der Waals surface area contributed by atoms with Gasteiger partial charge in [0.05, 0.1) is 5.60 Å². The number of hydrogen-bond donors (Lipinski definition) is 3. The predicted molar refractivity (Wildman–Crippen MR) is 87.2 cm³/mol. The van der Waals surface area contributed by atoms with Crippen LogP contribution in [-0.4, -0.2) is 27.9 Å². The molecule has 0 radical (unpaired) electrons. The number of nitrogens with one attached hydrogen (secondary N) is 1. The van der Waals surface area contributed by atoms with Gasteiger partial charge in [-0.25, -0.2) is 4.79 Å². The highest BCUT2D eigenvalue weighted by molar-refractivity contribution is 5.64. The van der Waals surface area contributed by atoms with Gasteiger partial charge in [-0.2, -0.15) is 0 Å². The zero-order valence-electron chi connectivity index (χ0n) is 14.2. The van der Waals surface area contributed by atoms with Crippen LogP contribution in [0, 0.1) is 0 Å². The maximum Gasteiger partial charge on any atom is 0.404 e. The van der Waals surface area contributed by atoms with E-state index < -0.39 is 11.7 Å². The molecule has 1 atom stereocenters. The summed E-state index contributed by atoms with van der Waals surface area (Å²) in [4.78, 5) is 10.6. The van der Waals surface area contributed by atoms with E-state index in [1.807, 2.05) is 41.5 Å². The van der Waals surface area contributed by atoms with Crippen LogP contribution in [-0.2, 0) is 0 Å². The van der Waals surface area contributed by atoms with E-state index in [-0.39, 0.29) is 6.04 Å². The number of aliphatic hydroxyl groups is 1. The third-order valence-electron chi connectivity index (χ3n) is 2.91. The predicted octanol–water partition coefficient (Wildman–Crippen LogP) is 4.58. The summed E-state index contributed by atoms with van der Waals surface area (Å²) in [5.74, 6) is 0. The van der Waals surface area contributed by atoms with Gasteiger partial charge in [0.15, 0.2) is 0 Å². The first-order valence-corrected chi connectivity index (χ1v) is 7.67. The summed E-state index contributed by atoms with van der Waals surface area (Å²) in [5, 5.41) is 21.2. The molecular formula is C16H35NO3. The zero-order valence-corrected chi connectivity index (χ0v) is 14.2. The summed E-state index contributed by atoms with van der Waals surface area (Å²) in [7, 11) is 0. The van der Waals surface area contributed by atoms with Crippen molar-refractivity contribution in [3.8, 4) is 0 Å². The number of carboxylic acid groups (broad SMARTS) is 1. The van der Waals surface area contributed by atoms with E-state index >= 15 is 0 Å². The topological polar surface area (TPSA) is 69.6 Å². The second-order valence-corrected chi connectivity index (χ2v) is 4.48. The van der Waals surface area contributed by atoms with Crippen molar-refractivity contribution in [3.05, 3.63) is 12.7 Å². The molecule has 0 bridgehead atoms. The molecule has 1 unspecified atom stereocenters. The monoisotopic (exact) mass is 289 g/mol. The third-order valence-corrected chi connectivity index (χ3v) is 2.91. The number of amides is 1. The van der Waals surface area contributed by atoms with E-state index in [1.165, 1.54) is 0 Å². The highest BCUT2D eigenvalue weighted by Gasteiger charge is 2.27. The Balaban J connectivity index is -0.000000505. The molecule has 0 rings (SSSR count). The van der Waals surface area contributed by atoms with Gasteiger partial charge in [-0.3, -0.25) is 0 Å². The number of hydrogen-bond acceptors (Lipinski definition) is 2. The first kappa shape index (κ1) is 24.0. The fourth-order valence-corrected chi connectivity index (χ4v) is 1.75. The molecule has 0 aliphatic heterocycles. The van der Waals surface area contributed by atoms with Crippen LogP contribution in [0.4, 0.5) is 4.79 Å². The number of allylic oxidation sites excluding steroid dienone is 1. The quantitative estimate of drug-likeness (QED) is 0.601. The molecule has 0 fully saturated rings. The molecule has 4 nitrogen and oxygen atoms in total. The van der Waals surface area contributed by atoms with Crippen LogP contribution >= 0.6 is 0 Å². The van der Waals surface area contributed by atoms with Crippen molar-refractivity contribution < 1.29 is 15.0 Å². The van der Waals surface area contributed by atoms with Gasteiger partial charge in [-0.1, -0.05) is 47.1 Å². The smallest absolute Gasteiger partial charge is 0.404 e. The second-order valence-electron chi connectivity index (χ2n) is 4.48. The van der Waals surface area contributed by atoms with Gasteiger partial charge >= 0.3 is 6.09 Å². The minimum absolute atomic E-state index is 0.141. The maximum absolute atomic E-state index is 10.6. The van der Waals surface area contributed by atoms with Crippen LogP contribution in [0.5, 0.6) is 0 Å². The Morgan fingerprint density at radius 1 is 1.30 bits per heavy atom.